The smallest absolute Gasteiger partial charge is 0.320 e. The summed E-state index contributed by atoms with van der Waals surface area (Å²) in [6, 6.07) is 11.2. The van der Waals surface area contributed by atoms with Gasteiger partial charge in [0.25, 0.3) is 5.91 Å². The molecule has 0 saturated carbocycles. The van der Waals surface area contributed by atoms with Gasteiger partial charge in [-0.2, -0.15) is 0 Å². The lowest BCUT2D eigenvalue weighted by Gasteiger charge is -2.36. The van der Waals surface area contributed by atoms with Crippen LogP contribution in [0.2, 0.25) is 0 Å². The zero-order valence-corrected chi connectivity index (χ0v) is 18.2. The number of benzene rings is 3. The molecule has 1 aliphatic rings. The zero-order valence-electron chi connectivity index (χ0n) is 18.2. The fraction of sp³-hybridized carbons (Fsp3) is 0.200. The van der Waals surface area contributed by atoms with Crippen molar-refractivity contribution in [3.8, 4) is 0 Å². The van der Waals surface area contributed by atoms with Crippen molar-refractivity contribution in [2.24, 2.45) is 0 Å². The number of carbonyl (C=O) groups excluding carboxylic acids is 2. The third-order valence-electron chi connectivity index (χ3n) is 5.55. The number of rotatable bonds is 5. The molecule has 34 heavy (non-hydrogen) atoms. The van der Waals surface area contributed by atoms with Crippen molar-refractivity contribution in [2.75, 3.05) is 23.3 Å². The van der Waals surface area contributed by atoms with Crippen molar-refractivity contribution < 1.29 is 27.2 Å². The van der Waals surface area contributed by atoms with Gasteiger partial charge in [-0.25, -0.2) is 22.4 Å². The van der Waals surface area contributed by atoms with Gasteiger partial charge in [-0.3, -0.25) is 9.69 Å². The molecule has 0 aliphatic carbocycles. The molecule has 3 aromatic rings. The highest BCUT2D eigenvalue weighted by molar-refractivity contribution is 6.08. The largest absolute Gasteiger partial charge is 0.324 e. The Kier molecular flexibility index (Phi) is 6.54. The summed E-state index contributed by atoms with van der Waals surface area (Å²) >= 11 is 0. The topological polar surface area (TPSA) is 52.6 Å². The van der Waals surface area contributed by atoms with E-state index >= 15 is 0 Å². The highest BCUT2D eigenvalue weighted by Crippen LogP contribution is 2.31. The van der Waals surface area contributed by atoms with Gasteiger partial charge >= 0.3 is 6.03 Å². The van der Waals surface area contributed by atoms with Crippen LogP contribution in [0.4, 0.5) is 33.7 Å². The second-order valence-corrected chi connectivity index (χ2v) is 8.03. The molecule has 9 heteroatoms. The van der Waals surface area contributed by atoms with E-state index in [1.807, 2.05) is 0 Å². The van der Waals surface area contributed by atoms with Gasteiger partial charge < -0.3 is 10.2 Å². The Bertz CT molecular complexity index is 1240. The number of urea groups is 1. The van der Waals surface area contributed by atoms with Crippen LogP contribution in [0.1, 0.15) is 27.9 Å². The molecule has 0 atom stereocenters. The number of carbonyl (C=O) groups is 2. The number of hydrogen-bond donors (Lipinski definition) is 1. The van der Waals surface area contributed by atoms with E-state index in [9.17, 15) is 27.2 Å². The first kappa shape index (κ1) is 23.3. The highest BCUT2D eigenvalue weighted by atomic mass is 19.2. The Morgan fingerprint density at radius 1 is 0.912 bits per heavy atom. The number of aryl methyl sites for hydroxylation is 1. The first-order chi connectivity index (χ1) is 16.2. The van der Waals surface area contributed by atoms with E-state index in [0.29, 0.717) is 30.8 Å². The average Bonchev–Trinajstić information content (AvgIpc) is 2.78. The van der Waals surface area contributed by atoms with Crippen LogP contribution in [0.5, 0.6) is 0 Å². The molecule has 5 nitrogen and oxygen atoms in total. The summed E-state index contributed by atoms with van der Waals surface area (Å²) in [7, 11) is 0. The fourth-order valence-corrected chi connectivity index (χ4v) is 3.90. The van der Waals surface area contributed by atoms with E-state index in [2.05, 4.69) is 5.32 Å². The van der Waals surface area contributed by atoms with E-state index in [0.717, 1.165) is 35.9 Å². The van der Waals surface area contributed by atoms with E-state index in [1.54, 1.807) is 25.1 Å². The number of hydrogen-bond acceptors (Lipinski definition) is 2. The molecule has 0 bridgehead atoms. The maximum atomic E-state index is 14.1. The molecule has 1 aliphatic heterocycles. The summed E-state index contributed by atoms with van der Waals surface area (Å²) in [5, 5.41) is 2.52. The van der Waals surface area contributed by atoms with Crippen LogP contribution in [-0.4, -0.2) is 29.9 Å². The van der Waals surface area contributed by atoms with Gasteiger partial charge in [0.15, 0.2) is 11.6 Å². The highest BCUT2D eigenvalue weighted by Gasteiger charge is 2.29. The van der Waals surface area contributed by atoms with Gasteiger partial charge in [0.2, 0.25) is 0 Å². The molecule has 3 aromatic carbocycles. The first-order valence-electron chi connectivity index (χ1n) is 10.6. The minimum Gasteiger partial charge on any atom is -0.320 e. The predicted molar refractivity (Wildman–Crippen MR) is 120 cm³/mol. The monoisotopic (exact) mass is 471 g/mol. The van der Waals surface area contributed by atoms with Crippen molar-refractivity contribution in [1.29, 1.82) is 0 Å². The van der Waals surface area contributed by atoms with Crippen LogP contribution >= 0.6 is 0 Å². The molecule has 1 fully saturated rings. The Morgan fingerprint density at radius 3 is 2.35 bits per heavy atom. The van der Waals surface area contributed by atoms with Crippen LogP contribution in [0.25, 0.3) is 0 Å². The van der Waals surface area contributed by atoms with Gasteiger partial charge in [0.05, 0.1) is 11.4 Å². The van der Waals surface area contributed by atoms with Crippen molar-refractivity contribution in [3.05, 3.63) is 94.6 Å². The lowest BCUT2D eigenvalue weighted by atomic mass is 10.1. The number of nitrogens with one attached hydrogen (secondary N) is 1. The molecule has 1 N–H and O–H groups in total. The maximum absolute atomic E-state index is 14.1. The predicted octanol–water partition coefficient (Wildman–Crippen LogP) is 5.64. The van der Waals surface area contributed by atoms with Gasteiger partial charge in [-0.05, 0) is 60.9 Å². The molecule has 1 heterocycles. The van der Waals surface area contributed by atoms with Crippen LogP contribution in [0.3, 0.4) is 0 Å². The number of halogens is 4. The summed E-state index contributed by atoms with van der Waals surface area (Å²) in [6.45, 7) is 2.59. The summed E-state index contributed by atoms with van der Waals surface area (Å²) < 4.78 is 55.0. The molecule has 0 aromatic heterocycles. The third-order valence-corrected chi connectivity index (χ3v) is 5.55. The number of anilines is 2. The minimum atomic E-state index is -1.00. The van der Waals surface area contributed by atoms with Crippen molar-refractivity contribution in [2.45, 2.75) is 19.9 Å². The fourth-order valence-electron chi connectivity index (χ4n) is 3.90. The SMILES string of the molecule is Cc1ccc(N2CCCN(Cc3ccc(F)c(F)c3)C2=O)c(NC(=O)c2c(F)cccc2F)c1. The molecular weight excluding hydrogens is 450 g/mol. The Hall–Kier alpha value is -3.88. The van der Waals surface area contributed by atoms with Crippen LogP contribution in [-0.2, 0) is 6.54 Å². The Morgan fingerprint density at radius 2 is 1.65 bits per heavy atom. The zero-order chi connectivity index (χ0) is 24.4. The van der Waals surface area contributed by atoms with Crippen LogP contribution < -0.4 is 10.2 Å². The third kappa shape index (κ3) is 4.73. The normalized spacial score (nSPS) is 13.9. The second kappa shape index (κ2) is 9.54. The van der Waals surface area contributed by atoms with Gasteiger partial charge in [0.1, 0.15) is 17.2 Å². The molecule has 0 radical (unpaired) electrons. The molecule has 0 spiro atoms. The lowest BCUT2D eigenvalue weighted by molar-refractivity contribution is 0.101. The van der Waals surface area contributed by atoms with Crippen LogP contribution in [0.15, 0.2) is 54.6 Å². The maximum Gasteiger partial charge on any atom is 0.324 e. The Balaban J connectivity index is 1.60. The van der Waals surface area contributed by atoms with Gasteiger partial charge in [-0.1, -0.05) is 18.2 Å². The standard InChI is InChI=1S/C25H21F4N3O2/c1-15-6-9-22(21(12-15)30-24(33)23-18(27)4-2-5-19(23)28)32-11-3-10-31(25(32)34)14-16-7-8-17(26)20(29)13-16/h2,4-9,12-13H,3,10-11,14H2,1H3,(H,30,33). The quantitative estimate of drug-likeness (QED) is 0.490. The molecular formula is C25H21F4N3O2. The van der Waals surface area contributed by atoms with Crippen molar-refractivity contribution in [1.82, 2.24) is 4.90 Å². The molecule has 0 unspecified atom stereocenters. The number of amides is 3. The van der Waals surface area contributed by atoms with E-state index in [4.69, 9.17) is 0 Å². The lowest BCUT2D eigenvalue weighted by Crippen LogP contribution is -2.49. The second-order valence-electron chi connectivity index (χ2n) is 8.03. The number of nitrogens with zero attached hydrogens (tertiary/aromatic N) is 2. The molecule has 1 saturated heterocycles. The summed E-state index contributed by atoms with van der Waals surface area (Å²) in [6.07, 6.45) is 0.582. The summed E-state index contributed by atoms with van der Waals surface area (Å²) in [5.74, 6) is -4.95. The minimum absolute atomic E-state index is 0.0700. The Labute approximate surface area is 193 Å². The van der Waals surface area contributed by atoms with E-state index in [-0.39, 0.29) is 12.2 Å². The van der Waals surface area contributed by atoms with Gasteiger partial charge in [0, 0.05) is 19.6 Å². The van der Waals surface area contributed by atoms with E-state index < -0.39 is 40.8 Å². The molecule has 176 valence electrons. The molecule has 3 amide bonds. The van der Waals surface area contributed by atoms with Gasteiger partial charge in [-0.15, -0.1) is 0 Å². The van der Waals surface area contributed by atoms with Crippen molar-refractivity contribution in [3.63, 3.8) is 0 Å². The summed E-state index contributed by atoms with van der Waals surface area (Å²) in [4.78, 5) is 28.8. The van der Waals surface area contributed by atoms with Crippen LogP contribution in [0, 0.1) is 30.2 Å². The first-order valence-corrected chi connectivity index (χ1v) is 10.6. The van der Waals surface area contributed by atoms with Crippen molar-refractivity contribution >= 4 is 23.3 Å². The van der Waals surface area contributed by atoms with E-state index in [1.165, 1.54) is 15.9 Å². The summed E-state index contributed by atoms with van der Waals surface area (Å²) in [5.41, 5.74) is 1.05. The average molecular weight is 471 g/mol. The molecule has 4 rings (SSSR count).